The van der Waals surface area contributed by atoms with Crippen molar-refractivity contribution in [2.75, 3.05) is 27.2 Å². The maximum atomic E-state index is 12.0. The Morgan fingerprint density at radius 3 is 2.32 bits per heavy atom. The van der Waals surface area contributed by atoms with Gasteiger partial charge in [-0.15, -0.1) is 0 Å². The van der Waals surface area contributed by atoms with Crippen molar-refractivity contribution >= 4 is 17.5 Å². The van der Waals surface area contributed by atoms with Crippen LogP contribution in [-0.2, 0) is 0 Å². The van der Waals surface area contributed by atoms with Gasteiger partial charge in [-0.25, -0.2) is 0 Å². The predicted octanol–water partition coefficient (Wildman–Crippen LogP) is 5.89. The predicted molar refractivity (Wildman–Crippen MR) is 127 cm³/mol. The van der Waals surface area contributed by atoms with Crippen molar-refractivity contribution in [1.82, 2.24) is 10.2 Å². The molecule has 2 aliphatic rings. The van der Waals surface area contributed by atoms with Gasteiger partial charge in [-0.05, 0) is 85.6 Å². The second kappa shape index (κ2) is 10.1. The third kappa shape index (κ3) is 4.91. The van der Waals surface area contributed by atoms with Crippen LogP contribution in [0.1, 0.15) is 66.8 Å². The van der Waals surface area contributed by atoms with Crippen LogP contribution in [0.15, 0.2) is 36.4 Å². The number of carbonyl (C=O) groups excluding carboxylic acids is 1. The lowest BCUT2D eigenvalue weighted by molar-refractivity contribution is 0.0963. The van der Waals surface area contributed by atoms with E-state index >= 15 is 0 Å². The molecule has 2 fully saturated rings. The number of halogens is 1. The van der Waals surface area contributed by atoms with Crippen LogP contribution in [0.25, 0.3) is 11.1 Å². The molecular formula is C26H33ClN2O2. The third-order valence-electron chi connectivity index (χ3n) is 7.06. The summed E-state index contributed by atoms with van der Waals surface area (Å²) in [5.74, 6) is 1.31. The standard InChI is InChI=1S/C26H33ClN2O2/c1-28-26(30)22-10-8-20(17-24(22)27)19-9-11-25(31-2)23(16-19)18-12-14-29(15-13-18)21-6-4-3-5-7-21/h8-11,16-18,21H,3-7,12-15H2,1-2H3,(H,28,30). The van der Waals surface area contributed by atoms with E-state index in [4.69, 9.17) is 16.3 Å². The molecule has 1 saturated heterocycles. The molecule has 2 aromatic carbocycles. The first-order valence-corrected chi connectivity index (χ1v) is 11.9. The lowest BCUT2D eigenvalue weighted by atomic mass is 9.85. The number of hydrogen-bond donors (Lipinski definition) is 1. The topological polar surface area (TPSA) is 41.6 Å². The maximum Gasteiger partial charge on any atom is 0.252 e. The normalized spacial score (nSPS) is 18.7. The van der Waals surface area contributed by atoms with Crippen molar-refractivity contribution in [2.24, 2.45) is 0 Å². The molecule has 5 heteroatoms. The fourth-order valence-electron chi connectivity index (χ4n) is 5.27. The average molecular weight is 441 g/mol. The number of carbonyl (C=O) groups is 1. The van der Waals surface area contributed by atoms with Gasteiger partial charge in [-0.2, -0.15) is 0 Å². The molecule has 4 nitrogen and oxygen atoms in total. The van der Waals surface area contributed by atoms with Crippen LogP contribution in [0.4, 0.5) is 0 Å². The molecule has 4 rings (SSSR count). The minimum Gasteiger partial charge on any atom is -0.496 e. The van der Waals surface area contributed by atoms with Crippen LogP contribution in [0.5, 0.6) is 5.75 Å². The van der Waals surface area contributed by atoms with Crippen molar-refractivity contribution < 1.29 is 9.53 Å². The quantitative estimate of drug-likeness (QED) is 0.630. The molecule has 0 aromatic heterocycles. The molecule has 1 heterocycles. The third-order valence-corrected chi connectivity index (χ3v) is 7.38. The second-order valence-corrected chi connectivity index (χ2v) is 9.24. The lowest BCUT2D eigenvalue weighted by Gasteiger charge is -2.39. The SMILES string of the molecule is CNC(=O)c1ccc(-c2ccc(OC)c(C3CCN(C4CCCCC4)CC3)c2)cc1Cl. The number of methoxy groups -OCH3 is 1. The van der Waals surface area contributed by atoms with Crippen LogP contribution in [0.2, 0.25) is 5.02 Å². The Labute approximate surface area is 190 Å². The van der Waals surface area contributed by atoms with Gasteiger partial charge < -0.3 is 15.0 Å². The molecule has 1 amide bonds. The summed E-state index contributed by atoms with van der Waals surface area (Å²) in [6, 6.07) is 12.8. The number of piperidine rings is 1. The van der Waals surface area contributed by atoms with Gasteiger partial charge >= 0.3 is 0 Å². The molecule has 1 N–H and O–H groups in total. The zero-order valence-corrected chi connectivity index (χ0v) is 19.4. The van der Waals surface area contributed by atoms with Gasteiger partial charge in [-0.1, -0.05) is 43.0 Å². The maximum absolute atomic E-state index is 12.0. The van der Waals surface area contributed by atoms with E-state index in [-0.39, 0.29) is 5.91 Å². The largest absolute Gasteiger partial charge is 0.496 e. The summed E-state index contributed by atoms with van der Waals surface area (Å²) in [7, 11) is 3.37. The Kier molecular flexibility index (Phi) is 7.19. The van der Waals surface area contributed by atoms with Crippen molar-refractivity contribution in [2.45, 2.75) is 56.9 Å². The Bertz CT molecular complexity index is 916. The van der Waals surface area contributed by atoms with Crippen LogP contribution in [-0.4, -0.2) is 44.1 Å². The molecular weight excluding hydrogens is 408 g/mol. The number of ether oxygens (including phenoxy) is 1. The van der Waals surface area contributed by atoms with E-state index in [9.17, 15) is 4.79 Å². The van der Waals surface area contributed by atoms with Crippen LogP contribution in [0, 0.1) is 0 Å². The molecule has 1 saturated carbocycles. The molecule has 1 aliphatic carbocycles. The van der Waals surface area contributed by atoms with Gasteiger partial charge in [0, 0.05) is 13.1 Å². The van der Waals surface area contributed by atoms with Gasteiger partial charge in [0.1, 0.15) is 5.75 Å². The number of rotatable bonds is 5. The number of likely N-dealkylation sites (tertiary alicyclic amines) is 1. The summed E-state index contributed by atoms with van der Waals surface area (Å²) >= 11 is 6.40. The van der Waals surface area contributed by atoms with Crippen molar-refractivity contribution in [1.29, 1.82) is 0 Å². The Morgan fingerprint density at radius 1 is 1.00 bits per heavy atom. The van der Waals surface area contributed by atoms with E-state index in [1.807, 2.05) is 12.1 Å². The van der Waals surface area contributed by atoms with Crippen molar-refractivity contribution in [3.05, 3.63) is 52.5 Å². The summed E-state index contributed by atoms with van der Waals surface area (Å²) in [5, 5.41) is 3.10. The molecule has 2 aromatic rings. The second-order valence-electron chi connectivity index (χ2n) is 8.83. The Hall–Kier alpha value is -2.04. The summed E-state index contributed by atoms with van der Waals surface area (Å²) in [6.45, 7) is 2.35. The van der Waals surface area contributed by atoms with Gasteiger partial charge in [0.15, 0.2) is 0 Å². The lowest BCUT2D eigenvalue weighted by Crippen LogP contribution is -2.41. The summed E-state index contributed by atoms with van der Waals surface area (Å²) < 4.78 is 5.73. The molecule has 0 atom stereocenters. The van der Waals surface area contributed by atoms with E-state index in [1.54, 1.807) is 20.2 Å². The highest BCUT2D eigenvalue weighted by Crippen LogP contribution is 2.39. The highest BCUT2D eigenvalue weighted by atomic mass is 35.5. The Morgan fingerprint density at radius 2 is 1.68 bits per heavy atom. The molecule has 31 heavy (non-hydrogen) atoms. The average Bonchev–Trinajstić information content (AvgIpc) is 2.83. The van der Waals surface area contributed by atoms with Gasteiger partial charge in [0.2, 0.25) is 0 Å². The molecule has 166 valence electrons. The molecule has 1 aliphatic heterocycles. The van der Waals surface area contributed by atoms with E-state index in [1.165, 1.54) is 63.6 Å². The minimum absolute atomic E-state index is 0.170. The fourth-order valence-corrected chi connectivity index (χ4v) is 5.53. The van der Waals surface area contributed by atoms with Gasteiger partial charge in [0.05, 0.1) is 17.7 Å². The van der Waals surface area contributed by atoms with Crippen molar-refractivity contribution in [3.8, 4) is 16.9 Å². The van der Waals surface area contributed by atoms with Gasteiger partial charge in [-0.3, -0.25) is 4.79 Å². The smallest absolute Gasteiger partial charge is 0.252 e. The zero-order chi connectivity index (χ0) is 21.8. The first-order valence-electron chi connectivity index (χ1n) is 11.5. The number of nitrogens with zero attached hydrogens (tertiary/aromatic N) is 1. The summed E-state index contributed by atoms with van der Waals surface area (Å²) in [6.07, 6.45) is 9.28. The molecule has 0 radical (unpaired) electrons. The first kappa shape index (κ1) is 22.2. The highest BCUT2D eigenvalue weighted by Gasteiger charge is 2.28. The van der Waals surface area contributed by atoms with E-state index in [0.29, 0.717) is 16.5 Å². The van der Waals surface area contributed by atoms with Crippen LogP contribution < -0.4 is 10.1 Å². The number of nitrogens with one attached hydrogen (secondary N) is 1. The summed E-state index contributed by atoms with van der Waals surface area (Å²) in [4.78, 5) is 14.7. The van der Waals surface area contributed by atoms with Crippen LogP contribution in [0.3, 0.4) is 0 Å². The zero-order valence-electron chi connectivity index (χ0n) is 18.6. The Balaban J connectivity index is 1.53. The minimum atomic E-state index is -0.170. The van der Waals surface area contributed by atoms with Gasteiger partial charge in [0.25, 0.3) is 5.91 Å². The monoisotopic (exact) mass is 440 g/mol. The molecule has 0 spiro atoms. The van der Waals surface area contributed by atoms with E-state index < -0.39 is 0 Å². The number of benzene rings is 2. The summed E-state index contributed by atoms with van der Waals surface area (Å²) in [5.41, 5.74) is 3.91. The van der Waals surface area contributed by atoms with Crippen molar-refractivity contribution in [3.63, 3.8) is 0 Å². The molecule has 0 unspecified atom stereocenters. The van der Waals surface area contributed by atoms with Crippen LogP contribution >= 0.6 is 11.6 Å². The van der Waals surface area contributed by atoms with E-state index in [2.05, 4.69) is 28.4 Å². The van der Waals surface area contributed by atoms with E-state index in [0.717, 1.165) is 22.9 Å². The number of amides is 1. The molecule has 0 bridgehead atoms. The first-order chi connectivity index (χ1) is 15.1. The highest BCUT2D eigenvalue weighted by molar-refractivity contribution is 6.34. The number of hydrogen-bond acceptors (Lipinski definition) is 3. The fraction of sp³-hybridized carbons (Fsp3) is 0.500.